The van der Waals surface area contributed by atoms with Crippen LogP contribution in [0, 0.1) is 0 Å². The van der Waals surface area contributed by atoms with Gasteiger partial charge in [0.15, 0.2) is 0 Å². The van der Waals surface area contributed by atoms with Crippen molar-refractivity contribution < 1.29 is 18.3 Å². The van der Waals surface area contributed by atoms with Gasteiger partial charge in [-0.3, -0.25) is 0 Å². The van der Waals surface area contributed by atoms with Gasteiger partial charge in [-0.15, -0.1) is 0 Å². The topological polar surface area (TPSA) is 39.2 Å². The van der Waals surface area contributed by atoms with E-state index < -0.39 is 17.6 Å². The van der Waals surface area contributed by atoms with Crippen molar-refractivity contribution in [1.82, 2.24) is 4.98 Å². The summed E-state index contributed by atoms with van der Waals surface area (Å²) in [4.78, 5) is 14.7. The van der Waals surface area contributed by atoms with Crippen molar-refractivity contribution in [3.63, 3.8) is 0 Å². The minimum absolute atomic E-state index is 0.00444. The summed E-state index contributed by atoms with van der Waals surface area (Å²) < 4.78 is 30.5. The van der Waals surface area contributed by atoms with E-state index in [9.17, 15) is 13.6 Å². The molecule has 1 aromatic heterocycles. The van der Waals surface area contributed by atoms with Gasteiger partial charge in [-0.2, -0.15) is 8.78 Å². The van der Waals surface area contributed by atoms with Crippen molar-refractivity contribution >= 4 is 33.5 Å². The van der Waals surface area contributed by atoms with Gasteiger partial charge >= 0.3 is 5.97 Å². The van der Waals surface area contributed by atoms with Gasteiger partial charge in [0, 0.05) is 11.4 Å². The molecule has 0 amide bonds. The van der Waals surface area contributed by atoms with Gasteiger partial charge in [-0.1, -0.05) is 11.6 Å². The molecule has 0 aliphatic rings. The zero-order valence-corrected chi connectivity index (χ0v) is 10.7. The monoisotopic (exact) mass is 313 g/mol. The maximum absolute atomic E-state index is 13.0. The number of alkyl halides is 2. The summed E-state index contributed by atoms with van der Waals surface area (Å²) in [7, 11) is 1.16. The average molecular weight is 315 g/mol. The lowest BCUT2D eigenvalue weighted by Gasteiger charge is -2.13. The molecule has 16 heavy (non-hydrogen) atoms. The van der Waals surface area contributed by atoms with Crippen LogP contribution in [-0.4, -0.2) is 18.1 Å². The predicted molar refractivity (Wildman–Crippen MR) is 57.9 cm³/mol. The van der Waals surface area contributed by atoms with E-state index in [1.54, 1.807) is 0 Å². The first-order valence-corrected chi connectivity index (χ1v) is 5.27. The number of aromatic nitrogens is 1. The van der Waals surface area contributed by atoms with E-state index in [1.165, 1.54) is 0 Å². The molecule has 0 N–H and O–H groups in total. The minimum Gasteiger partial charge on any atom is -0.465 e. The largest absolute Gasteiger partial charge is 0.465 e. The van der Waals surface area contributed by atoms with E-state index >= 15 is 0 Å². The summed E-state index contributed by atoms with van der Waals surface area (Å²) in [6, 6.07) is 1.16. The van der Waals surface area contributed by atoms with Crippen LogP contribution >= 0.6 is 27.5 Å². The third-order valence-electron chi connectivity index (χ3n) is 1.75. The summed E-state index contributed by atoms with van der Waals surface area (Å²) in [6.45, 7) is 0.689. The molecular formula is C9H7BrClF2NO2. The second kappa shape index (κ2) is 4.63. The minimum atomic E-state index is -3.14. The van der Waals surface area contributed by atoms with Crippen LogP contribution in [-0.2, 0) is 10.7 Å². The van der Waals surface area contributed by atoms with Gasteiger partial charge < -0.3 is 4.74 Å². The Kier molecular flexibility index (Phi) is 3.85. The fourth-order valence-electron chi connectivity index (χ4n) is 1.03. The number of methoxy groups -OCH3 is 1. The van der Waals surface area contributed by atoms with E-state index in [1.807, 2.05) is 0 Å². The molecule has 3 nitrogen and oxygen atoms in total. The van der Waals surface area contributed by atoms with Crippen molar-refractivity contribution in [3.8, 4) is 0 Å². The van der Waals surface area contributed by atoms with Crippen molar-refractivity contribution in [2.75, 3.05) is 7.11 Å². The molecule has 0 fully saturated rings. The zero-order valence-electron chi connectivity index (χ0n) is 8.35. The second-order valence-electron chi connectivity index (χ2n) is 3.04. The lowest BCUT2D eigenvalue weighted by molar-refractivity contribution is 0.0118. The maximum atomic E-state index is 13.0. The Bertz CT molecular complexity index is 434. The number of hydrogen-bond donors (Lipinski definition) is 0. The first-order chi connectivity index (χ1) is 7.27. The molecule has 0 unspecified atom stereocenters. The summed E-state index contributed by atoms with van der Waals surface area (Å²) in [5.41, 5.74) is -0.589. The van der Waals surface area contributed by atoms with Crippen LogP contribution in [0.25, 0.3) is 0 Å². The molecule has 88 valence electrons. The third kappa shape index (κ3) is 2.68. The Morgan fingerprint density at radius 1 is 1.62 bits per heavy atom. The van der Waals surface area contributed by atoms with Gasteiger partial charge in [-0.25, -0.2) is 9.78 Å². The molecule has 0 aliphatic heterocycles. The van der Waals surface area contributed by atoms with Gasteiger partial charge in [0.2, 0.25) is 0 Å². The lowest BCUT2D eigenvalue weighted by atomic mass is 10.2. The summed E-state index contributed by atoms with van der Waals surface area (Å²) in [5, 5.41) is -0.313. The maximum Gasteiger partial charge on any atom is 0.341 e. The summed E-state index contributed by atoms with van der Waals surface area (Å²) in [5.74, 6) is -3.87. The number of rotatable bonds is 2. The molecule has 0 spiro atoms. The highest BCUT2D eigenvalue weighted by atomic mass is 79.9. The van der Waals surface area contributed by atoms with Crippen molar-refractivity contribution in [1.29, 1.82) is 0 Å². The quantitative estimate of drug-likeness (QED) is 0.620. The molecule has 1 aromatic rings. The number of hydrogen-bond acceptors (Lipinski definition) is 3. The Morgan fingerprint density at radius 2 is 2.19 bits per heavy atom. The van der Waals surface area contributed by atoms with E-state index in [0.717, 1.165) is 13.2 Å². The number of carbonyl (C=O) groups excluding carboxylic acids is 1. The van der Waals surface area contributed by atoms with Gasteiger partial charge in [0.05, 0.1) is 12.7 Å². The number of ether oxygens (including phenoxy) is 1. The lowest BCUT2D eigenvalue weighted by Crippen LogP contribution is -2.13. The molecule has 1 heterocycles. The summed E-state index contributed by atoms with van der Waals surface area (Å²) in [6.07, 6.45) is 0. The number of nitrogens with zero attached hydrogens (tertiary/aromatic N) is 1. The van der Waals surface area contributed by atoms with Crippen LogP contribution in [0.1, 0.15) is 23.0 Å². The molecule has 0 radical (unpaired) electrons. The van der Waals surface area contributed by atoms with Crippen molar-refractivity contribution in [2.24, 2.45) is 0 Å². The Balaban J connectivity index is 3.33. The van der Waals surface area contributed by atoms with E-state index in [0.29, 0.717) is 6.92 Å². The molecule has 0 saturated carbocycles. The van der Waals surface area contributed by atoms with Crippen LogP contribution in [0.2, 0.25) is 5.15 Å². The molecule has 0 bridgehead atoms. The highest BCUT2D eigenvalue weighted by molar-refractivity contribution is 9.10. The van der Waals surface area contributed by atoms with E-state index in [-0.39, 0.29) is 15.2 Å². The fraction of sp³-hybridized carbons (Fsp3) is 0.333. The van der Waals surface area contributed by atoms with Gasteiger partial charge in [-0.05, 0) is 22.0 Å². The predicted octanol–water partition coefficient (Wildman–Crippen LogP) is 3.40. The number of halogens is 4. The van der Waals surface area contributed by atoms with Crippen LogP contribution in [0.3, 0.4) is 0 Å². The number of carbonyl (C=O) groups is 1. The highest BCUT2D eigenvalue weighted by Gasteiger charge is 2.31. The Labute approximate surface area is 104 Å². The smallest absolute Gasteiger partial charge is 0.341 e. The average Bonchev–Trinajstić information content (AvgIpc) is 2.18. The first kappa shape index (κ1) is 13.3. The Hall–Kier alpha value is -0.750. The van der Waals surface area contributed by atoms with Crippen molar-refractivity contribution in [3.05, 3.63) is 26.9 Å². The molecule has 0 atom stereocenters. The molecule has 7 heteroatoms. The summed E-state index contributed by atoms with van der Waals surface area (Å²) >= 11 is 8.52. The molecular weight excluding hydrogens is 307 g/mol. The Morgan fingerprint density at radius 3 is 2.62 bits per heavy atom. The van der Waals surface area contributed by atoms with E-state index in [2.05, 4.69) is 25.7 Å². The first-order valence-electron chi connectivity index (χ1n) is 4.10. The molecule has 0 saturated heterocycles. The van der Waals surface area contributed by atoms with Crippen LogP contribution in [0.4, 0.5) is 8.78 Å². The zero-order chi connectivity index (χ0) is 12.5. The SMILES string of the molecule is COC(=O)c1cc(Br)c(C(C)(F)F)nc1Cl. The standard InChI is InChI=1S/C9H7BrClF2NO2/c1-9(12,13)6-5(10)3-4(7(11)14-6)8(15)16-2/h3H,1-2H3. The molecule has 0 aromatic carbocycles. The van der Waals surface area contributed by atoms with Gasteiger partial charge in [0.25, 0.3) is 5.92 Å². The van der Waals surface area contributed by atoms with Crippen LogP contribution < -0.4 is 0 Å². The normalized spacial score (nSPS) is 11.4. The second-order valence-corrected chi connectivity index (χ2v) is 4.25. The number of esters is 1. The molecule has 1 rings (SSSR count). The fourth-order valence-corrected chi connectivity index (χ4v) is 1.91. The molecule has 0 aliphatic carbocycles. The third-order valence-corrected chi connectivity index (χ3v) is 2.64. The van der Waals surface area contributed by atoms with Crippen LogP contribution in [0.15, 0.2) is 10.5 Å². The van der Waals surface area contributed by atoms with Crippen molar-refractivity contribution in [2.45, 2.75) is 12.8 Å². The van der Waals surface area contributed by atoms with E-state index in [4.69, 9.17) is 11.6 Å². The highest BCUT2D eigenvalue weighted by Crippen LogP contribution is 2.33. The van der Waals surface area contributed by atoms with Gasteiger partial charge in [0.1, 0.15) is 10.8 Å². The number of pyridine rings is 1. The van der Waals surface area contributed by atoms with Crippen LogP contribution in [0.5, 0.6) is 0 Å².